The Labute approximate surface area is 274 Å². The number of amides is 1. The maximum atomic E-state index is 12.4. The monoisotopic (exact) mass is 644 g/mol. The minimum absolute atomic E-state index is 0.274. The van der Waals surface area contributed by atoms with E-state index >= 15 is 0 Å². The molecule has 47 heavy (non-hydrogen) atoms. The summed E-state index contributed by atoms with van der Waals surface area (Å²) in [5.74, 6) is -2.14. The molecule has 1 saturated heterocycles. The molecule has 0 bridgehead atoms. The first-order valence-electron chi connectivity index (χ1n) is 15.7. The maximum Gasteiger partial charge on any atom is 0.300 e. The number of rotatable bonds is 6. The summed E-state index contributed by atoms with van der Waals surface area (Å²) in [6, 6.07) is 18.4. The van der Waals surface area contributed by atoms with Crippen LogP contribution in [0.2, 0.25) is 0 Å². The van der Waals surface area contributed by atoms with Gasteiger partial charge in [-0.3, -0.25) is 19.3 Å². The molecule has 13 heteroatoms. The van der Waals surface area contributed by atoms with Gasteiger partial charge in [0.15, 0.2) is 5.65 Å². The van der Waals surface area contributed by atoms with Gasteiger partial charge in [-0.2, -0.15) is 5.10 Å². The van der Waals surface area contributed by atoms with Crippen molar-refractivity contribution < 1.29 is 24.6 Å². The van der Waals surface area contributed by atoms with Gasteiger partial charge in [0, 0.05) is 51.6 Å². The van der Waals surface area contributed by atoms with Crippen LogP contribution in [0.1, 0.15) is 62.6 Å². The number of carbonyl (C=O) groups is 3. The zero-order valence-corrected chi connectivity index (χ0v) is 27.1. The summed E-state index contributed by atoms with van der Waals surface area (Å²) in [6.45, 7) is 6.77. The third kappa shape index (κ3) is 9.11. The number of nitrogens with zero attached hydrogens (tertiary/aromatic N) is 6. The molecule has 2 fully saturated rings. The summed E-state index contributed by atoms with van der Waals surface area (Å²) in [5, 5.41) is 20.7. The van der Waals surface area contributed by atoms with Gasteiger partial charge >= 0.3 is 0 Å². The molecular formula is C34H44N8O5. The second-order valence-electron chi connectivity index (χ2n) is 12.0. The smallest absolute Gasteiger partial charge is 0.300 e. The van der Waals surface area contributed by atoms with Crippen LogP contribution in [0.15, 0.2) is 60.9 Å². The molecule has 1 amide bonds. The summed E-state index contributed by atoms with van der Waals surface area (Å²) in [5.41, 5.74) is 16.4. The third-order valence-electron chi connectivity index (χ3n) is 8.52. The minimum atomic E-state index is -0.833. The molecule has 1 aliphatic heterocycles. The number of hydrogen-bond donors (Lipinski definition) is 4. The molecule has 6 N–H and O–H groups in total. The van der Waals surface area contributed by atoms with Gasteiger partial charge in [0.1, 0.15) is 17.8 Å². The summed E-state index contributed by atoms with van der Waals surface area (Å²) in [4.78, 5) is 44.3. The Bertz CT molecular complexity index is 1620. The van der Waals surface area contributed by atoms with Crippen molar-refractivity contribution >= 4 is 34.7 Å². The lowest BCUT2D eigenvalue weighted by molar-refractivity contribution is -0.135. The molecule has 250 valence electrons. The molecular weight excluding hydrogens is 600 g/mol. The lowest BCUT2D eigenvalue weighted by Crippen LogP contribution is -2.49. The Morgan fingerprint density at radius 1 is 0.809 bits per heavy atom. The van der Waals surface area contributed by atoms with E-state index in [2.05, 4.69) is 31.5 Å². The molecule has 2 aromatic carbocycles. The average Bonchev–Trinajstić information content (AvgIpc) is 3.43. The number of aliphatic carboxylic acids is 2. The number of hydrogen-bond acceptors (Lipinski definition) is 9. The average molecular weight is 645 g/mol. The molecule has 3 heterocycles. The highest BCUT2D eigenvalue weighted by Crippen LogP contribution is 2.37. The van der Waals surface area contributed by atoms with E-state index in [4.69, 9.17) is 36.4 Å². The summed E-state index contributed by atoms with van der Waals surface area (Å²) in [7, 11) is 2.20. The number of piperazine rings is 1. The molecule has 0 radical (unpaired) electrons. The Morgan fingerprint density at radius 3 is 1.89 bits per heavy atom. The summed E-state index contributed by atoms with van der Waals surface area (Å²) in [6.07, 6.45) is 5.97. The van der Waals surface area contributed by atoms with Crippen molar-refractivity contribution in [2.45, 2.75) is 57.5 Å². The van der Waals surface area contributed by atoms with E-state index < -0.39 is 17.9 Å². The minimum Gasteiger partial charge on any atom is -0.481 e. The van der Waals surface area contributed by atoms with Crippen molar-refractivity contribution in [1.29, 1.82) is 0 Å². The SMILES string of the molecule is CC(=O)O.CC(=O)O.CN1CCN(C2CCC(n3nc(-c4ccc(C(C(N)=O)c5ccccc5)cc4)c4c(N)ncnc43)CC2)CC1. The van der Waals surface area contributed by atoms with Gasteiger partial charge in [0.2, 0.25) is 5.91 Å². The van der Waals surface area contributed by atoms with E-state index in [9.17, 15) is 4.79 Å². The van der Waals surface area contributed by atoms with Crippen LogP contribution in [0.4, 0.5) is 5.82 Å². The number of anilines is 1. The highest BCUT2D eigenvalue weighted by Gasteiger charge is 2.31. The van der Waals surface area contributed by atoms with E-state index in [1.165, 1.54) is 6.33 Å². The molecule has 1 saturated carbocycles. The first-order chi connectivity index (χ1) is 22.5. The van der Waals surface area contributed by atoms with E-state index in [1.54, 1.807) is 0 Å². The fourth-order valence-corrected chi connectivity index (χ4v) is 6.31. The fourth-order valence-electron chi connectivity index (χ4n) is 6.31. The van der Waals surface area contributed by atoms with Gasteiger partial charge in [-0.15, -0.1) is 0 Å². The van der Waals surface area contributed by atoms with Gasteiger partial charge in [-0.05, 0) is 43.9 Å². The van der Waals surface area contributed by atoms with Crippen LogP contribution < -0.4 is 11.5 Å². The number of carboxylic acid groups (broad SMARTS) is 2. The summed E-state index contributed by atoms with van der Waals surface area (Å²) < 4.78 is 2.08. The Hall–Kier alpha value is -4.88. The van der Waals surface area contributed by atoms with E-state index in [-0.39, 0.29) is 11.9 Å². The van der Waals surface area contributed by atoms with Crippen molar-refractivity contribution in [2.75, 3.05) is 39.0 Å². The Kier molecular flexibility index (Phi) is 12.0. The van der Waals surface area contributed by atoms with Gasteiger partial charge in [0.05, 0.1) is 17.3 Å². The molecule has 2 aliphatic rings. The van der Waals surface area contributed by atoms with Crippen LogP contribution in [0.5, 0.6) is 0 Å². The number of fused-ring (bicyclic) bond motifs is 1. The number of likely N-dealkylation sites (N-methyl/N-ethyl adjacent to an activating group) is 1. The number of benzene rings is 2. The van der Waals surface area contributed by atoms with Crippen molar-refractivity contribution in [1.82, 2.24) is 29.5 Å². The van der Waals surface area contributed by atoms with Crippen LogP contribution in [0.3, 0.4) is 0 Å². The van der Waals surface area contributed by atoms with E-state index in [0.717, 1.165) is 99.1 Å². The highest BCUT2D eigenvalue weighted by molar-refractivity contribution is 5.98. The van der Waals surface area contributed by atoms with Crippen LogP contribution >= 0.6 is 0 Å². The molecule has 6 rings (SSSR count). The van der Waals surface area contributed by atoms with Gasteiger partial charge in [-0.1, -0.05) is 54.6 Å². The maximum absolute atomic E-state index is 12.4. The van der Waals surface area contributed by atoms with Crippen LogP contribution in [-0.2, 0) is 14.4 Å². The molecule has 0 spiro atoms. The predicted octanol–water partition coefficient (Wildman–Crippen LogP) is 3.61. The normalized spacial score (nSPS) is 19.0. The first kappa shape index (κ1) is 35.0. The molecule has 4 aromatic rings. The number of carboxylic acids is 2. The van der Waals surface area contributed by atoms with E-state index in [0.29, 0.717) is 11.9 Å². The van der Waals surface area contributed by atoms with Gasteiger partial charge in [-0.25, -0.2) is 14.6 Å². The molecule has 2 aromatic heterocycles. The van der Waals surface area contributed by atoms with Gasteiger partial charge in [0.25, 0.3) is 11.9 Å². The lowest BCUT2D eigenvalue weighted by atomic mass is 9.90. The zero-order valence-electron chi connectivity index (χ0n) is 27.1. The number of nitrogens with two attached hydrogens (primary N) is 2. The standard InChI is InChI=1S/C30H36N8O.2C2H4O2/c1-36-15-17-37(18-16-36)23-11-13-24(14-12-23)38-30-26(28(31)33-19-34-30)27(35-38)22-9-7-21(8-10-22)25(29(32)39)20-5-3-2-4-6-20;2*1-2(3)4/h2-10,19,23-25H,11-18H2,1H3,(H2,32,39)(H2,31,33,34);2*1H3,(H,3,4). The number of aromatic nitrogens is 4. The second-order valence-corrected chi connectivity index (χ2v) is 12.0. The number of carbonyl (C=O) groups excluding carboxylic acids is 1. The molecule has 1 aliphatic carbocycles. The van der Waals surface area contributed by atoms with Gasteiger partial charge < -0.3 is 26.6 Å². The van der Waals surface area contributed by atoms with Crippen molar-refractivity contribution in [2.24, 2.45) is 5.73 Å². The second kappa shape index (κ2) is 16.1. The highest BCUT2D eigenvalue weighted by atomic mass is 16.4. The Morgan fingerprint density at radius 2 is 1.34 bits per heavy atom. The molecule has 1 atom stereocenters. The fraction of sp³-hybridized carbons (Fsp3) is 0.412. The topological polar surface area (TPSA) is 194 Å². The third-order valence-corrected chi connectivity index (χ3v) is 8.52. The number of nitrogen functional groups attached to an aromatic ring is 1. The first-order valence-corrected chi connectivity index (χ1v) is 15.7. The number of primary amides is 1. The van der Waals surface area contributed by atoms with Crippen molar-refractivity contribution in [3.05, 3.63) is 72.1 Å². The quantitative estimate of drug-likeness (QED) is 0.240. The van der Waals surface area contributed by atoms with Crippen LogP contribution in [-0.4, -0.2) is 96.9 Å². The van der Waals surface area contributed by atoms with E-state index in [1.807, 2.05) is 54.6 Å². The van der Waals surface area contributed by atoms with Crippen LogP contribution in [0, 0.1) is 0 Å². The lowest BCUT2D eigenvalue weighted by Gasteiger charge is -2.41. The Balaban J connectivity index is 0.000000564. The summed E-state index contributed by atoms with van der Waals surface area (Å²) >= 11 is 0. The predicted molar refractivity (Wildman–Crippen MR) is 180 cm³/mol. The molecule has 1 unspecified atom stereocenters. The van der Waals surface area contributed by atoms with Crippen molar-refractivity contribution in [3.63, 3.8) is 0 Å². The largest absolute Gasteiger partial charge is 0.481 e. The molecule has 13 nitrogen and oxygen atoms in total. The van der Waals surface area contributed by atoms with Crippen LogP contribution in [0.25, 0.3) is 22.3 Å². The zero-order chi connectivity index (χ0) is 34.1. The van der Waals surface area contributed by atoms with Crippen molar-refractivity contribution in [3.8, 4) is 11.3 Å².